The normalized spacial score (nSPS) is 21.5. The Kier molecular flexibility index (Phi) is 0.308. The van der Waals surface area contributed by atoms with Gasteiger partial charge in [-0.2, -0.15) is 0 Å². The van der Waals surface area contributed by atoms with Gasteiger partial charge >= 0.3 is 7.80 Å². The highest BCUT2D eigenvalue weighted by Gasteiger charge is 2.32. The van der Waals surface area contributed by atoms with Gasteiger partial charge < -0.3 is 0 Å². The average Bonchev–Trinajstić information content (AvgIpc) is 1.75. The van der Waals surface area contributed by atoms with E-state index in [0.717, 1.165) is 12.3 Å². The molecule has 1 heterocycles. The van der Waals surface area contributed by atoms with Gasteiger partial charge in [0, 0.05) is 0 Å². The fourth-order valence-corrected chi connectivity index (χ4v) is 0.367. The molecule has 0 radical (unpaired) electrons. The molecule has 0 aliphatic carbocycles. The molecule has 1 rings (SSSR count). The lowest BCUT2D eigenvalue weighted by molar-refractivity contribution is 0.599. The molecule has 2 heteroatoms. The molecular weight excluding hydrogens is 71.0 g/mol. The molecule has 1 nitrogen and oxygen atoms in total. The highest BCUT2D eigenvalue weighted by atomic mass is 31.1. The molecule has 0 bridgehead atoms. The summed E-state index contributed by atoms with van der Waals surface area (Å²) in [7, 11) is -0.620. The maximum atomic E-state index is 9.70. The van der Waals surface area contributed by atoms with Gasteiger partial charge in [-0.3, -0.25) is 0 Å². The standard InChI is InChI=1S/C2H4OP/c3-4-1-2-4/h1-2H2/q+1. The zero-order chi connectivity index (χ0) is 2.99. The van der Waals surface area contributed by atoms with Crippen molar-refractivity contribution in [2.75, 3.05) is 12.3 Å². The van der Waals surface area contributed by atoms with Crippen LogP contribution in [0.25, 0.3) is 0 Å². The molecular formula is C2H4OP+. The molecule has 0 unspecified atom stereocenters. The van der Waals surface area contributed by atoms with Crippen LogP contribution in [0.4, 0.5) is 0 Å². The minimum absolute atomic E-state index is 0.620. The smallest absolute Gasteiger partial charge is 0.0745 e. The van der Waals surface area contributed by atoms with Crippen LogP contribution in [0.5, 0.6) is 0 Å². The molecule has 0 aromatic rings. The predicted molar refractivity (Wildman–Crippen MR) is 17.3 cm³/mol. The zero-order valence-electron chi connectivity index (χ0n) is 2.27. The molecule has 0 atom stereocenters. The summed E-state index contributed by atoms with van der Waals surface area (Å²) < 4.78 is 9.70. The molecule has 0 N–H and O–H groups in total. The summed E-state index contributed by atoms with van der Waals surface area (Å²) in [6, 6.07) is 0. The van der Waals surface area contributed by atoms with Gasteiger partial charge in [0.05, 0.1) is 0 Å². The first kappa shape index (κ1) is 2.34. The van der Waals surface area contributed by atoms with Crippen molar-refractivity contribution in [2.24, 2.45) is 0 Å². The van der Waals surface area contributed by atoms with Crippen molar-refractivity contribution in [3.8, 4) is 0 Å². The van der Waals surface area contributed by atoms with Gasteiger partial charge in [0.25, 0.3) is 0 Å². The Morgan fingerprint density at radius 2 is 1.75 bits per heavy atom. The molecule has 1 fully saturated rings. The van der Waals surface area contributed by atoms with Crippen LogP contribution in [0.2, 0.25) is 0 Å². The largest absolute Gasteiger partial charge is 0.347 e. The quantitative estimate of drug-likeness (QED) is 0.390. The van der Waals surface area contributed by atoms with Crippen molar-refractivity contribution in [3.05, 3.63) is 0 Å². The van der Waals surface area contributed by atoms with Crippen LogP contribution in [0.1, 0.15) is 0 Å². The van der Waals surface area contributed by atoms with Gasteiger partial charge in [-0.25, -0.2) is 0 Å². The molecule has 22 valence electrons. The van der Waals surface area contributed by atoms with Crippen LogP contribution in [-0.4, -0.2) is 12.3 Å². The van der Waals surface area contributed by atoms with Crippen LogP contribution in [0, 0.1) is 0 Å². The monoisotopic (exact) mass is 75.0 g/mol. The first-order valence-electron chi connectivity index (χ1n) is 1.32. The Morgan fingerprint density at radius 1 is 1.50 bits per heavy atom. The van der Waals surface area contributed by atoms with Crippen molar-refractivity contribution in [1.29, 1.82) is 0 Å². The van der Waals surface area contributed by atoms with E-state index in [2.05, 4.69) is 0 Å². The van der Waals surface area contributed by atoms with Crippen molar-refractivity contribution >= 4 is 7.80 Å². The third-order valence-electron chi connectivity index (χ3n) is 0.406. The second-order valence-electron chi connectivity index (χ2n) is 0.929. The Hall–Kier alpha value is 0.100. The van der Waals surface area contributed by atoms with Gasteiger partial charge in [-0.05, 0) is 0 Å². The van der Waals surface area contributed by atoms with Crippen molar-refractivity contribution in [2.45, 2.75) is 0 Å². The molecule has 1 aliphatic heterocycles. The van der Waals surface area contributed by atoms with E-state index in [1.807, 2.05) is 0 Å². The number of hydrogen-bond donors (Lipinski definition) is 0. The van der Waals surface area contributed by atoms with E-state index >= 15 is 0 Å². The lowest BCUT2D eigenvalue weighted by Gasteiger charge is -1.05. The first-order valence-corrected chi connectivity index (χ1v) is 2.95. The number of rotatable bonds is 0. The maximum Gasteiger partial charge on any atom is 0.347 e. The van der Waals surface area contributed by atoms with E-state index in [-0.39, 0.29) is 0 Å². The van der Waals surface area contributed by atoms with Gasteiger partial charge in [0.15, 0.2) is 12.3 Å². The van der Waals surface area contributed by atoms with Crippen LogP contribution in [-0.2, 0) is 4.57 Å². The molecule has 0 aromatic carbocycles. The summed E-state index contributed by atoms with van der Waals surface area (Å²) in [5.41, 5.74) is 0. The van der Waals surface area contributed by atoms with E-state index < -0.39 is 7.80 Å². The van der Waals surface area contributed by atoms with E-state index in [0.29, 0.717) is 0 Å². The van der Waals surface area contributed by atoms with Gasteiger partial charge in [-0.15, -0.1) is 0 Å². The number of hydrogen-bond acceptors (Lipinski definition) is 1. The molecule has 0 amide bonds. The lowest BCUT2D eigenvalue weighted by Crippen LogP contribution is -1.20. The van der Waals surface area contributed by atoms with Crippen molar-refractivity contribution in [1.82, 2.24) is 0 Å². The molecule has 1 aliphatic rings. The van der Waals surface area contributed by atoms with Crippen molar-refractivity contribution in [3.63, 3.8) is 0 Å². The Balaban J connectivity index is 2.60. The molecule has 1 saturated heterocycles. The SMILES string of the molecule is O=[P+]1CC1. The van der Waals surface area contributed by atoms with Crippen LogP contribution >= 0.6 is 7.80 Å². The topological polar surface area (TPSA) is 17.1 Å². The third-order valence-corrected chi connectivity index (χ3v) is 1.22. The Bertz CT molecular complexity index is 44.0. The second-order valence-corrected chi connectivity index (χ2v) is 2.79. The molecule has 0 spiro atoms. The van der Waals surface area contributed by atoms with E-state index in [1.54, 1.807) is 0 Å². The summed E-state index contributed by atoms with van der Waals surface area (Å²) >= 11 is 0. The molecule has 0 aromatic heterocycles. The van der Waals surface area contributed by atoms with E-state index in [9.17, 15) is 4.57 Å². The maximum absolute atomic E-state index is 9.70. The van der Waals surface area contributed by atoms with E-state index in [4.69, 9.17) is 0 Å². The summed E-state index contributed by atoms with van der Waals surface area (Å²) in [4.78, 5) is 0. The minimum Gasteiger partial charge on any atom is -0.0745 e. The predicted octanol–water partition coefficient (Wildman–Crippen LogP) is 0.827. The second kappa shape index (κ2) is 0.526. The summed E-state index contributed by atoms with van der Waals surface area (Å²) in [6.07, 6.45) is 1.99. The Morgan fingerprint density at radius 3 is 1.75 bits per heavy atom. The minimum atomic E-state index is -0.620. The fraction of sp³-hybridized carbons (Fsp3) is 1.00. The van der Waals surface area contributed by atoms with Crippen molar-refractivity contribution < 1.29 is 4.57 Å². The summed E-state index contributed by atoms with van der Waals surface area (Å²) in [5.74, 6) is 0. The van der Waals surface area contributed by atoms with Gasteiger partial charge in [-0.1, -0.05) is 4.57 Å². The first-order chi connectivity index (χ1) is 1.89. The zero-order valence-corrected chi connectivity index (χ0v) is 3.16. The van der Waals surface area contributed by atoms with Gasteiger partial charge in [0.1, 0.15) is 0 Å². The Labute approximate surface area is 25.8 Å². The van der Waals surface area contributed by atoms with Gasteiger partial charge in [0.2, 0.25) is 0 Å². The van der Waals surface area contributed by atoms with Crippen LogP contribution in [0.3, 0.4) is 0 Å². The van der Waals surface area contributed by atoms with E-state index in [1.165, 1.54) is 0 Å². The summed E-state index contributed by atoms with van der Waals surface area (Å²) in [6.45, 7) is 0. The van der Waals surface area contributed by atoms with Crippen LogP contribution in [0.15, 0.2) is 0 Å². The lowest BCUT2D eigenvalue weighted by atomic mass is 11.0. The highest BCUT2D eigenvalue weighted by Crippen LogP contribution is 2.35. The molecule has 4 heavy (non-hydrogen) atoms. The average molecular weight is 75.0 g/mol. The fourth-order valence-electron chi connectivity index (χ4n) is 0.0408. The highest BCUT2D eigenvalue weighted by molar-refractivity contribution is 7.52. The third kappa shape index (κ3) is 0.264. The summed E-state index contributed by atoms with van der Waals surface area (Å²) in [5, 5.41) is 0. The molecule has 0 saturated carbocycles. The van der Waals surface area contributed by atoms with Crippen LogP contribution < -0.4 is 0 Å².